The van der Waals surface area contributed by atoms with Crippen molar-refractivity contribution in [2.24, 2.45) is 5.73 Å². The van der Waals surface area contributed by atoms with Crippen LogP contribution in [-0.2, 0) is 0 Å². The lowest BCUT2D eigenvalue weighted by molar-refractivity contribution is 0.0699. The first-order valence-electron chi connectivity index (χ1n) is 4.63. The Hall–Kier alpha value is -2.14. The highest BCUT2D eigenvalue weighted by atomic mass is 35.5. The van der Waals surface area contributed by atoms with Crippen molar-refractivity contribution >= 4 is 34.4 Å². The highest BCUT2D eigenvalue weighted by Crippen LogP contribution is 2.25. The van der Waals surface area contributed by atoms with Crippen molar-refractivity contribution in [1.82, 2.24) is 4.98 Å². The summed E-state index contributed by atoms with van der Waals surface area (Å²) in [4.78, 5) is 26.1. The van der Waals surface area contributed by atoms with Crippen LogP contribution in [0.25, 0.3) is 10.9 Å². The van der Waals surface area contributed by atoms with Crippen LogP contribution in [0.5, 0.6) is 0 Å². The molecule has 3 N–H and O–H groups in total. The van der Waals surface area contributed by atoms with E-state index in [9.17, 15) is 9.59 Å². The number of hydrogen-bond acceptors (Lipinski definition) is 3. The minimum absolute atomic E-state index is 0.0497. The van der Waals surface area contributed by atoms with Gasteiger partial charge in [-0.1, -0.05) is 23.7 Å². The van der Waals surface area contributed by atoms with Crippen LogP contribution in [0.1, 0.15) is 20.8 Å². The number of rotatable bonds is 2. The summed E-state index contributed by atoms with van der Waals surface area (Å²) < 4.78 is 0. The minimum atomic E-state index is -1.16. The Morgan fingerprint density at radius 2 is 2.06 bits per heavy atom. The molecular formula is C11H7ClN2O3. The molecule has 1 amide bonds. The average molecular weight is 251 g/mol. The van der Waals surface area contributed by atoms with Crippen LogP contribution in [0, 0.1) is 0 Å². The second-order valence-corrected chi connectivity index (χ2v) is 3.77. The van der Waals surface area contributed by atoms with Crippen LogP contribution in [0.2, 0.25) is 5.02 Å². The molecule has 5 nitrogen and oxygen atoms in total. The van der Waals surface area contributed by atoms with Gasteiger partial charge in [-0.2, -0.15) is 0 Å². The average Bonchev–Trinajstić information content (AvgIpc) is 2.28. The van der Waals surface area contributed by atoms with Gasteiger partial charge in [-0.05, 0) is 12.1 Å². The lowest BCUT2D eigenvalue weighted by Crippen LogP contribution is -2.14. The number of aromatic carboxylic acids is 1. The Kier molecular flexibility index (Phi) is 2.69. The molecule has 0 spiro atoms. The van der Waals surface area contributed by atoms with Gasteiger partial charge in [0.25, 0.3) is 5.91 Å². The summed E-state index contributed by atoms with van der Waals surface area (Å²) >= 11 is 5.90. The van der Waals surface area contributed by atoms with E-state index in [4.69, 9.17) is 22.4 Å². The van der Waals surface area contributed by atoms with Crippen molar-refractivity contribution in [2.45, 2.75) is 0 Å². The van der Waals surface area contributed by atoms with Crippen molar-refractivity contribution in [1.29, 1.82) is 0 Å². The van der Waals surface area contributed by atoms with Gasteiger partial charge in [0, 0.05) is 5.39 Å². The summed E-state index contributed by atoms with van der Waals surface area (Å²) in [5, 5.41) is 9.70. The number of carboxylic acid groups (broad SMARTS) is 1. The van der Waals surface area contributed by atoms with E-state index in [1.807, 2.05) is 0 Å². The number of hydrogen-bond donors (Lipinski definition) is 2. The van der Waals surface area contributed by atoms with Crippen molar-refractivity contribution in [3.8, 4) is 0 Å². The first-order chi connectivity index (χ1) is 8.00. The molecule has 86 valence electrons. The highest BCUT2D eigenvalue weighted by molar-refractivity contribution is 6.35. The lowest BCUT2D eigenvalue weighted by Gasteiger charge is -2.05. The molecular weight excluding hydrogens is 244 g/mol. The molecule has 0 aliphatic heterocycles. The second-order valence-electron chi connectivity index (χ2n) is 3.36. The maximum Gasteiger partial charge on any atom is 0.336 e. The zero-order valence-corrected chi connectivity index (χ0v) is 9.23. The zero-order chi connectivity index (χ0) is 12.6. The number of aromatic nitrogens is 1. The smallest absolute Gasteiger partial charge is 0.336 e. The molecule has 0 unspecified atom stereocenters. The molecule has 0 bridgehead atoms. The van der Waals surface area contributed by atoms with Crippen molar-refractivity contribution < 1.29 is 14.7 Å². The summed E-state index contributed by atoms with van der Waals surface area (Å²) in [6.45, 7) is 0. The summed E-state index contributed by atoms with van der Waals surface area (Å²) in [6.07, 6.45) is 0. The van der Waals surface area contributed by atoms with E-state index in [1.165, 1.54) is 0 Å². The number of carbonyl (C=O) groups excluding carboxylic acids is 1. The Bertz CT molecular complexity index is 640. The fourth-order valence-corrected chi connectivity index (χ4v) is 1.73. The van der Waals surface area contributed by atoms with Gasteiger partial charge in [-0.3, -0.25) is 4.79 Å². The SMILES string of the molecule is NC(=O)c1cc(C(=O)O)c2cccc(Cl)c2n1. The first-order valence-corrected chi connectivity index (χ1v) is 5.01. The number of halogens is 1. The third kappa shape index (κ3) is 1.92. The van der Waals surface area contributed by atoms with Crippen LogP contribution in [0.3, 0.4) is 0 Å². The molecule has 6 heteroatoms. The Morgan fingerprint density at radius 3 is 2.65 bits per heavy atom. The molecule has 0 atom stereocenters. The van der Waals surface area contributed by atoms with Gasteiger partial charge in [0.1, 0.15) is 5.69 Å². The van der Waals surface area contributed by atoms with Crippen LogP contribution < -0.4 is 5.73 Å². The molecule has 0 radical (unpaired) electrons. The van der Waals surface area contributed by atoms with E-state index in [0.29, 0.717) is 5.39 Å². The van der Waals surface area contributed by atoms with Crippen LogP contribution in [0.15, 0.2) is 24.3 Å². The molecule has 17 heavy (non-hydrogen) atoms. The summed E-state index contributed by atoms with van der Waals surface area (Å²) in [7, 11) is 0. The third-order valence-corrected chi connectivity index (χ3v) is 2.58. The number of pyridine rings is 1. The Labute approximate surface area is 101 Å². The molecule has 2 aromatic rings. The second kappa shape index (κ2) is 4.03. The number of primary amides is 1. The molecule has 1 heterocycles. The molecule has 0 fully saturated rings. The fraction of sp³-hybridized carbons (Fsp3) is 0. The number of amides is 1. The fourth-order valence-electron chi connectivity index (χ4n) is 1.52. The van der Waals surface area contributed by atoms with E-state index >= 15 is 0 Å². The van der Waals surface area contributed by atoms with E-state index in [1.54, 1.807) is 18.2 Å². The zero-order valence-electron chi connectivity index (χ0n) is 8.48. The largest absolute Gasteiger partial charge is 0.478 e. The van der Waals surface area contributed by atoms with E-state index in [0.717, 1.165) is 6.07 Å². The van der Waals surface area contributed by atoms with Gasteiger partial charge in [0.2, 0.25) is 0 Å². The molecule has 1 aromatic carbocycles. The van der Waals surface area contributed by atoms with Crippen LogP contribution in [-0.4, -0.2) is 22.0 Å². The van der Waals surface area contributed by atoms with Gasteiger partial charge in [-0.25, -0.2) is 9.78 Å². The predicted octanol–water partition coefficient (Wildman–Crippen LogP) is 1.69. The molecule has 0 saturated carbocycles. The van der Waals surface area contributed by atoms with E-state index < -0.39 is 11.9 Å². The maximum atomic E-state index is 11.1. The van der Waals surface area contributed by atoms with Gasteiger partial charge in [0.05, 0.1) is 16.1 Å². The topological polar surface area (TPSA) is 93.3 Å². The number of nitrogens with zero attached hydrogens (tertiary/aromatic N) is 1. The Balaban J connectivity index is 2.91. The number of para-hydroxylation sites is 1. The van der Waals surface area contributed by atoms with Gasteiger partial charge in [0.15, 0.2) is 0 Å². The van der Waals surface area contributed by atoms with Crippen LogP contribution >= 0.6 is 11.6 Å². The highest BCUT2D eigenvalue weighted by Gasteiger charge is 2.15. The van der Waals surface area contributed by atoms with Gasteiger partial charge >= 0.3 is 5.97 Å². The quantitative estimate of drug-likeness (QED) is 0.848. The minimum Gasteiger partial charge on any atom is -0.478 e. The van der Waals surface area contributed by atoms with Gasteiger partial charge in [-0.15, -0.1) is 0 Å². The van der Waals surface area contributed by atoms with Crippen LogP contribution in [0.4, 0.5) is 0 Å². The van der Waals surface area contributed by atoms with E-state index in [2.05, 4.69) is 4.98 Å². The molecule has 0 aliphatic rings. The lowest BCUT2D eigenvalue weighted by atomic mass is 10.1. The summed E-state index contributed by atoms with van der Waals surface area (Å²) in [6, 6.07) is 5.89. The number of nitrogens with two attached hydrogens (primary N) is 1. The predicted molar refractivity (Wildman–Crippen MR) is 62.2 cm³/mol. The molecule has 0 saturated heterocycles. The Morgan fingerprint density at radius 1 is 1.35 bits per heavy atom. The van der Waals surface area contributed by atoms with Gasteiger partial charge < -0.3 is 10.8 Å². The summed E-state index contributed by atoms with van der Waals surface area (Å²) in [5.74, 6) is -1.96. The maximum absolute atomic E-state index is 11.1. The standard InChI is InChI=1S/C11H7ClN2O3/c12-7-3-1-2-5-6(11(16)17)4-8(10(13)15)14-9(5)7/h1-4H,(H2,13,15)(H,16,17). The van der Waals surface area contributed by atoms with Crippen molar-refractivity contribution in [3.05, 3.63) is 40.5 Å². The first kappa shape index (κ1) is 11.3. The monoisotopic (exact) mass is 250 g/mol. The molecule has 2 rings (SSSR count). The number of carboxylic acids is 1. The molecule has 1 aromatic heterocycles. The molecule has 0 aliphatic carbocycles. The normalized spacial score (nSPS) is 10.4. The van der Waals surface area contributed by atoms with Crippen molar-refractivity contribution in [2.75, 3.05) is 0 Å². The number of benzene rings is 1. The third-order valence-electron chi connectivity index (χ3n) is 2.27. The van der Waals surface area contributed by atoms with Crippen molar-refractivity contribution in [3.63, 3.8) is 0 Å². The summed E-state index contributed by atoms with van der Waals surface area (Å²) in [5.41, 5.74) is 5.17. The number of fused-ring (bicyclic) bond motifs is 1. The number of carbonyl (C=O) groups is 2. The van der Waals surface area contributed by atoms with E-state index in [-0.39, 0.29) is 21.8 Å².